The van der Waals surface area contributed by atoms with E-state index >= 15 is 0 Å². The number of hydrogen-bond acceptors (Lipinski definition) is 6. The molecule has 0 N–H and O–H groups in total. The van der Waals surface area contributed by atoms with E-state index in [0.29, 0.717) is 11.1 Å². The molecule has 1 aliphatic rings. The quantitative estimate of drug-likeness (QED) is 0.289. The van der Waals surface area contributed by atoms with Crippen molar-refractivity contribution in [2.45, 2.75) is 11.8 Å². The van der Waals surface area contributed by atoms with E-state index in [2.05, 4.69) is 38.5 Å². The third kappa shape index (κ3) is 3.83. The van der Waals surface area contributed by atoms with Gasteiger partial charge in [-0.15, -0.1) is 22.7 Å². The Bertz CT molecular complexity index is 840. The van der Waals surface area contributed by atoms with Crippen LogP contribution in [0.1, 0.15) is 21.6 Å². The minimum absolute atomic E-state index is 0.329. The Balaban J connectivity index is 2.20. The van der Waals surface area contributed by atoms with Crippen LogP contribution < -0.4 is 0 Å². The minimum Gasteiger partial charge on any atom is -0.466 e. The average Bonchev–Trinajstić information content (AvgIpc) is 3.27. The van der Waals surface area contributed by atoms with Crippen molar-refractivity contribution in [3.8, 4) is 0 Å². The first-order chi connectivity index (χ1) is 12.5. The number of rotatable bonds is 4. The fourth-order valence-electron chi connectivity index (χ4n) is 2.91. The van der Waals surface area contributed by atoms with Crippen molar-refractivity contribution in [1.29, 1.82) is 0 Å². The van der Waals surface area contributed by atoms with Gasteiger partial charge in [0, 0.05) is 21.6 Å². The number of halogens is 2. The zero-order chi connectivity index (χ0) is 18.8. The molecule has 0 amide bonds. The van der Waals surface area contributed by atoms with E-state index in [4.69, 9.17) is 9.47 Å². The zero-order valence-corrected chi connectivity index (χ0v) is 19.2. The molecule has 0 bridgehead atoms. The number of carbonyl (C=O) groups excluding carboxylic acids is 2. The van der Waals surface area contributed by atoms with Gasteiger partial charge in [0.05, 0.1) is 32.0 Å². The molecule has 26 heavy (non-hydrogen) atoms. The zero-order valence-electron chi connectivity index (χ0n) is 13.8. The van der Waals surface area contributed by atoms with Gasteiger partial charge in [-0.3, -0.25) is 0 Å². The minimum atomic E-state index is -0.513. The number of carbonyl (C=O) groups is 2. The second kappa shape index (κ2) is 8.37. The van der Waals surface area contributed by atoms with Gasteiger partial charge in [-0.25, -0.2) is 9.59 Å². The Morgan fingerprint density at radius 2 is 1.42 bits per heavy atom. The first kappa shape index (κ1) is 19.8. The van der Waals surface area contributed by atoms with Crippen LogP contribution in [0.4, 0.5) is 0 Å². The van der Waals surface area contributed by atoms with Crippen molar-refractivity contribution in [3.05, 3.63) is 64.0 Å². The summed E-state index contributed by atoms with van der Waals surface area (Å²) in [6.07, 6.45) is 3.94. The molecule has 2 aromatic heterocycles. The van der Waals surface area contributed by atoms with Crippen LogP contribution in [-0.4, -0.2) is 26.2 Å². The van der Waals surface area contributed by atoms with Gasteiger partial charge in [0.2, 0.25) is 0 Å². The second-order valence-corrected chi connectivity index (χ2v) is 10.9. The van der Waals surface area contributed by atoms with Crippen LogP contribution >= 0.6 is 61.2 Å². The van der Waals surface area contributed by atoms with Gasteiger partial charge in [-0.2, -0.15) is 0 Å². The van der Waals surface area contributed by atoms with Gasteiger partial charge in [-0.1, -0.05) is 12.2 Å². The summed E-state index contributed by atoms with van der Waals surface area (Å²) in [5.41, 5.74) is 0.680. The molecule has 2 atom stereocenters. The number of thiophene rings is 2. The molecule has 0 radical (unpaired) electrons. The fourth-order valence-corrected chi connectivity index (χ4v) is 6.19. The molecule has 0 saturated heterocycles. The number of ether oxygens (including phenoxy) is 2. The van der Waals surface area contributed by atoms with Crippen LogP contribution in [0.3, 0.4) is 0 Å². The van der Waals surface area contributed by atoms with Crippen molar-refractivity contribution < 1.29 is 19.1 Å². The lowest BCUT2D eigenvalue weighted by Crippen LogP contribution is -2.24. The Hall–Kier alpha value is -0.970. The van der Waals surface area contributed by atoms with Gasteiger partial charge in [0.25, 0.3) is 0 Å². The molecule has 0 aromatic carbocycles. The molecule has 0 saturated carbocycles. The highest BCUT2D eigenvalue weighted by Crippen LogP contribution is 2.45. The largest absolute Gasteiger partial charge is 0.466 e. The van der Waals surface area contributed by atoms with E-state index in [1.54, 1.807) is 11.3 Å². The van der Waals surface area contributed by atoms with Crippen LogP contribution in [0.2, 0.25) is 0 Å². The molecule has 0 aliphatic heterocycles. The molecule has 2 heterocycles. The molecule has 1 aliphatic carbocycles. The molecule has 0 unspecified atom stereocenters. The van der Waals surface area contributed by atoms with E-state index in [9.17, 15) is 9.59 Å². The van der Waals surface area contributed by atoms with Crippen molar-refractivity contribution >= 4 is 73.1 Å². The highest BCUT2D eigenvalue weighted by atomic mass is 127. The summed E-state index contributed by atoms with van der Waals surface area (Å²) in [5, 5.41) is 0. The Morgan fingerprint density at radius 3 is 1.81 bits per heavy atom. The molecule has 8 heteroatoms. The first-order valence-corrected chi connectivity index (χ1v) is 11.1. The van der Waals surface area contributed by atoms with Gasteiger partial charge >= 0.3 is 11.9 Å². The van der Waals surface area contributed by atoms with Gasteiger partial charge < -0.3 is 9.47 Å². The average molecular weight is 565 g/mol. The monoisotopic (exact) mass is 564 g/mol. The fraction of sp³-hybridized carbons (Fsp3) is 0.222. The van der Waals surface area contributed by atoms with E-state index in [1.807, 2.05) is 36.4 Å². The number of hydrogen-bond donors (Lipinski definition) is 0. The third-order valence-corrected chi connectivity index (χ3v) is 7.70. The topological polar surface area (TPSA) is 52.6 Å². The third-order valence-electron chi connectivity index (χ3n) is 4.02. The highest BCUT2D eigenvalue weighted by molar-refractivity contribution is 14.1. The molecule has 136 valence electrons. The number of esters is 2. The summed E-state index contributed by atoms with van der Waals surface area (Å²) in [5.74, 6) is -1.70. The van der Waals surface area contributed by atoms with Crippen LogP contribution in [0.15, 0.2) is 51.4 Å². The molecule has 0 fully saturated rings. The predicted molar refractivity (Wildman–Crippen MR) is 115 cm³/mol. The lowest BCUT2D eigenvalue weighted by molar-refractivity contribution is -0.139. The van der Waals surface area contributed by atoms with E-state index in [0.717, 1.165) is 16.4 Å². The van der Waals surface area contributed by atoms with Crippen LogP contribution in [0.5, 0.6) is 0 Å². The number of allylic oxidation sites excluding steroid dienone is 2. The van der Waals surface area contributed by atoms with Crippen molar-refractivity contribution in [2.24, 2.45) is 0 Å². The summed E-state index contributed by atoms with van der Waals surface area (Å²) in [7, 11) is 2.65. The molecular formula is C18H14BrIO4S2. The molecule has 2 aromatic rings. The van der Waals surface area contributed by atoms with Gasteiger partial charge in [0.1, 0.15) is 0 Å². The lowest BCUT2D eigenvalue weighted by atomic mass is 9.80. The number of methoxy groups -OCH3 is 2. The van der Waals surface area contributed by atoms with Gasteiger partial charge in [0.15, 0.2) is 0 Å². The maximum atomic E-state index is 12.6. The lowest BCUT2D eigenvalue weighted by Gasteiger charge is -2.26. The molecular weight excluding hydrogens is 551 g/mol. The van der Waals surface area contributed by atoms with Crippen molar-refractivity contribution in [2.75, 3.05) is 14.2 Å². The van der Waals surface area contributed by atoms with E-state index < -0.39 is 11.9 Å². The van der Waals surface area contributed by atoms with E-state index in [1.165, 1.54) is 25.6 Å². The normalized spacial score (nSPS) is 19.5. The molecule has 4 nitrogen and oxygen atoms in total. The molecule has 3 rings (SSSR count). The Labute approximate surface area is 181 Å². The highest BCUT2D eigenvalue weighted by Gasteiger charge is 2.37. The summed E-state index contributed by atoms with van der Waals surface area (Å²) in [6.45, 7) is 0. The predicted octanol–water partition coefficient (Wildman–Crippen LogP) is 5.26. The van der Waals surface area contributed by atoms with Crippen LogP contribution in [0, 0.1) is 2.88 Å². The van der Waals surface area contributed by atoms with E-state index in [-0.39, 0.29) is 11.8 Å². The summed E-state index contributed by atoms with van der Waals surface area (Å²) < 4.78 is 12.1. The van der Waals surface area contributed by atoms with Crippen LogP contribution in [0.25, 0.3) is 0 Å². The Morgan fingerprint density at radius 1 is 0.923 bits per heavy atom. The maximum absolute atomic E-state index is 12.6. The summed E-state index contributed by atoms with van der Waals surface area (Å²) in [4.78, 5) is 27.2. The van der Waals surface area contributed by atoms with Crippen molar-refractivity contribution in [3.63, 3.8) is 0 Å². The maximum Gasteiger partial charge on any atom is 0.335 e. The second-order valence-electron chi connectivity index (χ2n) is 5.43. The first-order valence-electron chi connectivity index (χ1n) is 7.55. The SMILES string of the molecule is COC(=O)C1=C(C(=O)OC)[C@@H](c2ccc(I)s2)C=C[C@H]1c1ccc(Br)s1. The van der Waals surface area contributed by atoms with Crippen LogP contribution in [-0.2, 0) is 19.1 Å². The van der Waals surface area contributed by atoms with Gasteiger partial charge in [-0.05, 0) is 62.8 Å². The summed E-state index contributed by atoms with van der Waals surface area (Å²) in [6, 6.07) is 7.83. The Kier molecular flexibility index (Phi) is 6.37. The standard InChI is InChI=1S/C18H14BrIO4S2/c1-23-17(21)15-9(11-5-7-13(19)25-11)3-4-10(16(15)18(22)24-2)12-6-8-14(20)26-12/h3-10H,1-2H3/t9-,10+/m0/s1. The van der Waals surface area contributed by atoms with Crippen molar-refractivity contribution in [1.82, 2.24) is 0 Å². The molecule has 0 spiro atoms. The smallest absolute Gasteiger partial charge is 0.335 e. The summed E-state index contributed by atoms with van der Waals surface area (Å²) >= 11 is 8.80.